The summed E-state index contributed by atoms with van der Waals surface area (Å²) in [6.07, 6.45) is 5.45. The molecule has 2 aliphatic heterocycles. The average Bonchev–Trinajstić information content (AvgIpc) is 3.29. The van der Waals surface area contributed by atoms with Crippen molar-refractivity contribution in [2.45, 2.75) is 44.1 Å². The van der Waals surface area contributed by atoms with Crippen molar-refractivity contribution in [3.05, 3.63) is 52.5 Å². The van der Waals surface area contributed by atoms with Crippen molar-refractivity contribution in [2.75, 3.05) is 19.7 Å². The maximum atomic E-state index is 6.38. The van der Waals surface area contributed by atoms with E-state index in [0.29, 0.717) is 6.61 Å². The van der Waals surface area contributed by atoms with Gasteiger partial charge in [-0.15, -0.1) is 11.3 Å². The van der Waals surface area contributed by atoms with Crippen LogP contribution in [0.3, 0.4) is 0 Å². The molecular weight excluding hydrogens is 320 g/mol. The fourth-order valence-electron chi connectivity index (χ4n) is 3.83. The molecule has 24 heavy (non-hydrogen) atoms. The van der Waals surface area contributed by atoms with E-state index >= 15 is 0 Å². The van der Waals surface area contributed by atoms with Crippen LogP contribution in [0.15, 0.2) is 42.0 Å². The quantitative estimate of drug-likeness (QED) is 0.832. The lowest BCUT2D eigenvalue weighted by molar-refractivity contribution is -0.159. The number of hydrogen-bond donors (Lipinski definition) is 0. The Morgan fingerprint density at radius 1 is 1.29 bits per heavy atom. The molecule has 2 aliphatic rings. The third kappa shape index (κ3) is 3.54. The number of benzene rings is 1. The Morgan fingerprint density at radius 2 is 2.21 bits per heavy atom. The minimum absolute atomic E-state index is 0.0705. The molecule has 0 radical (unpaired) electrons. The summed E-state index contributed by atoms with van der Waals surface area (Å²) < 4.78 is 12.6. The highest BCUT2D eigenvalue weighted by atomic mass is 32.1. The topological polar surface area (TPSA) is 34.6 Å². The van der Waals surface area contributed by atoms with E-state index in [1.54, 1.807) is 11.3 Å². The summed E-state index contributed by atoms with van der Waals surface area (Å²) in [6, 6.07) is 10.4. The Labute approximate surface area is 147 Å². The van der Waals surface area contributed by atoms with Crippen LogP contribution in [0.25, 0.3) is 0 Å². The SMILES string of the molecule is c1ccc(CO[C@H]2CN(Cc3cncs3)CC[C@@]23CCCO3)cc1. The summed E-state index contributed by atoms with van der Waals surface area (Å²) in [4.78, 5) is 7.99. The summed E-state index contributed by atoms with van der Waals surface area (Å²) in [5.74, 6) is 0. The standard InChI is InChI=1S/C19H24N2O2S/c1-2-5-16(6-3-1)14-22-18-13-21(12-17-11-20-15-24-17)9-8-19(18)7-4-10-23-19/h1-3,5-6,11,15,18H,4,7-10,12-14H2/t18-,19-/m0/s1. The smallest absolute Gasteiger partial charge is 0.0996 e. The fourth-order valence-corrected chi connectivity index (χ4v) is 4.47. The molecule has 0 N–H and O–H groups in total. The first-order chi connectivity index (χ1) is 11.8. The average molecular weight is 344 g/mol. The van der Waals surface area contributed by atoms with Crippen LogP contribution >= 0.6 is 11.3 Å². The van der Waals surface area contributed by atoms with Gasteiger partial charge in [0.1, 0.15) is 0 Å². The minimum atomic E-state index is -0.0705. The van der Waals surface area contributed by atoms with Crippen molar-refractivity contribution in [2.24, 2.45) is 0 Å². The molecule has 1 spiro atoms. The highest BCUT2D eigenvalue weighted by Gasteiger charge is 2.47. The fraction of sp³-hybridized carbons (Fsp3) is 0.526. The van der Waals surface area contributed by atoms with E-state index in [4.69, 9.17) is 9.47 Å². The van der Waals surface area contributed by atoms with Crippen LogP contribution in [0.1, 0.15) is 29.7 Å². The number of thiazole rings is 1. The van der Waals surface area contributed by atoms with Gasteiger partial charge < -0.3 is 9.47 Å². The number of likely N-dealkylation sites (tertiary alicyclic amines) is 1. The van der Waals surface area contributed by atoms with Gasteiger partial charge in [0.15, 0.2) is 0 Å². The van der Waals surface area contributed by atoms with E-state index in [1.165, 1.54) is 10.4 Å². The number of rotatable bonds is 5. The number of piperidine rings is 1. The Hall–Kier alpha value is -1.27. The van der Waals surface area contributed by atoms with Gasteiger partial charge in [-0.05, 0) is 24.8 Å². The number of hydrogen-bond acceptors (Lipinski definition) is 5. The molecule has 0 saturated carbocycles. The summed E-state index contributed by atoms with van der Waals surface area (Å²) >= 11 is 1.73. The van der Waals surface area contributed by atoms with Crippen LogP contribution < -0.4 is 0 Å². The molecule has 3 heterocycles. The Kier molecular flexibility index (Phi) is 4.94. The largest absolute Gasteiger partial charge is 0.372 e. The van der Waals surface area contributed by atoms with Gasteiger partial charge in [0, 0.05) is 37.3 Å². The zero-order valence-corrected chi connectivity index (χ0v) is 14.7. The van der Waals surface area contributed by atoms with Gasteiger partial charge in [0.25, 0.3) is 0 Å². The molecule has 0 aliphatic carbocycles. The molecule has 4 nitrogen and oxygen atoms in total. The van der Waals surface area contributed by atoms with E-state index in [1.807, 2.05) is 17.8 Å². The maximum Gasteiger partial charge on any atom is 0.0996 e. The molecule has 2 saturated heterocycles. The van der Waals surface area contributed by atoms with Crippen molar-refractivity contribution in [3.63, 3.8) is 0 Å². The second-order valence-corrected chi connectivity index (χ2v) is 7.73. The van der Waals surface area contributed by atoms with Crippen molar-refractivity contribution in [3.8, 4) is 0 Å². The van der Waals surface area contributed by atoms with Crippen LogP contribution in [-0.2, 0) is 22.6 Å². The molecule has 1 aromatic carbocycles. The summed E-state index contributed by atoms with van der Waals surface area (Å²) in [6.45, 7) is 4.50. The third-order valence-electron chi connectivity index (χ3n) is 5.15. The molecule has 0 amide bonds. The van der Waals surface area contributed by atoms with E-state index in [-0.39, 0.29) is 11.7 Å². The van der Waals surface area contributed by atoms with Gasteiger partial charge in [-0.3, -0.25) is 9.88 Å². The van der Waals surface area contributed by atoms with E-state index in [9.17, 15) is 0 Å². The molecule has 4 rings (SSSR count). The molecule has 2 atom stereocenters. The van der Waals surface area contributed by atoms with Crippen LogP contribution in [0, 0.1) is 0 Å². The van der Waals surface area contributed by atoms with Gasteiger partial charge in [-0.2, -0.15) is 0 Å². The maximum absolute atomic E-state index is 6.38. The highest BCUT2D eigenvalue weighted by Crippen LogP contribution is 2.38. The second kappa shape index (κ2) is 7.31. The number of aromatic nitrogens is 1. The van der Waals surface area contributed by atoms with Gasteiger partial charge in [0.2, 0.25) is 0 Å². The van der Waals surface area contributed by atoms with E-state index < -0.39 is 0 Å². The van der Waals surface area contributed by atoms with Gasteiger partial charge in [0.05, 0.1) is 23.8 Å². The summed E-state index contributed by atoms with van der Waals surface area (Å²) in [5.41, 5.74) is 3.06. The second-order valence-electron chi connectivity index (χ2n) is 6.75. The molecule has 0 bridgehead atoms. The lowest BCUT2D eigenvalue weighted by atomic mass is 9.85. The van der Waals surface area contributed by atoms with E-state index in [2.05, 4.69) is 34.1 Å². The number of ether oxygens (including phenoxy) is 2. The molecule has 128 valence electrons. The molecule has 2 fully saturated rings. The minimum Gasteiger partial charge on any atom is -0.372 e. The van der Waals surface area contributed by atoms with Crippen LogP contribution in [0.4, 0.5) is 0 Å². The summed E-state index contributed by atoms with van der Waals surface area (Å²) in [7, 11) is 0. The first-order valence-corrected chi connectivity index (χ1v) is 9.61. The third-order valence-corrected chi connectivity index (χ3v) is 5.92. The lowest BCUT2D eigenvalue weighted by Gasteiger charge is -2.44. The molecular formula is C19H24N2O2S. The Morgan fingerprint density at radius 3 is 2.96 bits per heavy atom. The van der Waals surface area contributed by atoms with Crippen LogP contribution in [-0.4, -0.2) is 41.3 Å². The van der Waals surface area contributed by atoms with Crippen LogP contribution in [0.5, 0.6) is 0 Å². The van der Waals surface area contributed by atoms with Gasteiger partial charge in [-0.25, -0.2) is 0 Å². The van der Waals surface area contributed by atoms with Gasteiger partial charge >= 0.3 is 0 Å². The predicted molar refractivity (Wildman–Crippen MR) is 94.9 cm³/mol. The number of nitrogens with zero attached hydrogens (tertiary/aromatic N) is 2. The van der Waals surface area contributed by atoms with E-state index in [0.717, 1.165) is 45.5 Å². The molecule has 1 aromatic heterocycles. The zero-order chi connectivity index (χ0) is 16.2. The molecule has 0 unspecified atom stereocenters. The van der Waals surface area contributed by atoms with Crippen molar-refractivity contribution in [1.29, 1.82) is 0 Å². The predicted octanol–water partition coefficient (Wildman–Crippen LogP) is 3.48. The van der Waals surface area contributed by atoms with Crippen molar-refractivity contribution >= 4 is 11.3 Å². The first kappa shape index (κ1) is 16.2. The first-order valence-electron chi connectivity index (χ1n) is 8.73. The van der Waals surface area contributed by atoms with Crippen molar-refractivity contribution < 1.29 is 9.47 Å². The molecule has 2 aromatic rings. The normalized spacial score (nSPS) is 27.8. The zero-order valence-electron chi connectivity index (χ0n) is 13.9. The van der Waals surface area contributed by atoms with Crippen molar-refractivity contribution in [1.82, 2.24) is 9.88 Å². The Bertz CT molecular complexity index is 626. The Balaban J connectivity index is 1.43. The molecule has 5 heteroatoms. The van der Waals surface area contributed by atoms with Gasteiger partial charge in [-0.1, -0.05) is 30.3 Å². The monoisotopic (exact) mass is 344 g/mol. The summed E-state index contributed by atoms with van der Waals surface area (Å²) in [5, 5.41) is 0. The van der Waals surface area contributed by atoms with Crippen LogP contribution in [0.2, 0.25) is 0 Å². The highest BCUT2D eigenvalue weighted by molar-refractivity contribution is 7.09. The lowest BCUT2D eigenvalue weighted by Crippen LogP contribution is -2.55.